The first-order valence-electron chi connectivity index (χ1n) is 10.5. The quantitative estimate of drug-likeness (QED) is 0.565. The molecule has 0 radical (unpaired) electrons. The first-order chi connectivity index (χ1) is 15.0. The zero-order chi connectivity index (χ0) is 23.8. The van der Waals surface area contributed by atoms with Crippen LogP contribution in [0.4, 0.5) is 18.9 Å². The van der Waals surface area contributed by atoms with Gasteiger partial charge in [0.15, 0.2) is 0 Å². The van der Waals surface area contributed by atoms with Crippen molar-refractivity contribution in [3.05, 3.63) is 68.6 Å². The smallest absolute Gasteiger partial charge is 0.324 e. The van der Waals surface area contributed by atoms with E-state index < -0.39 is 29.4 Å². The highest BCUT2D eigenvalue weighted by Gasteiger charge is 2.39. The molecule has 0 saturated heterocycles. The van der Waals surface area contributed by atoms with Crippen molar-refractivity contribution in [3.8, 4) is 0 Å². The number of hydrogen-bond acceptors (Lipinski definition) is 3. The molecule has 1 unspecified atom stereocenters. The van der Waals surface area contributed by atoms with Gasteiger partial charge in [0.25, 0.3) is 5.56 Å². The van der Waals surface area contributed by atoms with Crippen LogP contribution in [0.1, 0.15) is 54.3 Å². The lowest BCUT2D eigenvalue weighted by Crippen LogP contribution is -2.38. The Morgan fingerprint density at radius 2 is 1.75 bits per heavy atom. The molecule has 1 atom stereocenters. The average molecular weight is 445 g/mol. The van der Waals surface area contributed by atoms with Crippen molar-refractivity contribution in [2.75, 3.05) is 5.32 Å². The average Bonchev–Trinajstić information content (AvgIpc) is 2.72. The summed E-state index contributed by atoms with van der Waals surface area (Å²) >= 11 is 0. The molecular formula is C24H26F3N3O2. The summed E-state index contributed by atoms with van der Waals surface area (Å²) in [6, 6.07) is 7.59. The maximum Gasteiger partial charge on any atom is 0.438 e. The van der Waals surface area contributed by atoms with Crippen molar-refractivity contribution in [2.45, 2.75) is 59.7 Å². The number of para-hydroxylation sites is 1. The number of carbonyl (C=O) groups is 1. The Balaban J connectivity index is 2.24. The molecule has 0 aliphatic heterocycles. The second-order valence-corrected chi connectivity index (χ2v) is 7.93. The topological polar surface area (TPSA) is 64.0 Å². The first-order valence-corrected chi connectivity index (χ1v) is 10.5. The van der Waals surface area contributed by atoms with Crippen molar-refractivity contribution < 1.29 is 18.0 Å². The number of hydrogen-bond donors (Lipinski definition) is 1. The van der Waals surface area contributed by atoms with E-state index in [1.807, 2.05) is 32.0 Å². The Hall–Kier alpha value is -3.16. The van der Waals surface area contributed by atoms with Crippen molar-refractivity contribution in [3.63, 3.8) is 0 Å². The Morgan fingerprint density at radius 3 is 2.34 bits per heavy atom. The molecule has 0 bridgehead atoms. The van der Waals surface area contributed by atoms with E-state index in [0.29, 0.717) is 12.1 Å². The van der Waals surface area contributed by atoms with Gasteiger partial charge in [-0.25, -0.2) is 4.98 Å². The highest BCUT2D eigenvalue weighted by molar-refractivity contribution is 5.96. The van der Waals surface area contributed by atoms with E-state index in [9.17, 15) is 22.8 Å². The third-order valence-corrected chi connectivity index (χ3v) is 5.76. The van der Waals surface area contributed by atoms with Crippen molar-refractivity contribution in [1.82, 2.24) is 9.55 Å². The van der Waals surface area contributed by atoms with Gasteiger partial charge in [0.2, 0.25) is 11.6 Å². The van der Waals surface area contributed by atoms with Gasteiger partial charge in [0, 0.05) is 5.69 Å². The van der Waals surface area contributed by atoms with Crippen LogP contribution < -0.4 is 10.9 Å². The van der Waals surface area contributed by atoms with Gasteiger partial charge < -0.3 is 5.32 Å². The number of halogens is 3. The molecule has 0 fully saturated rings. The summed E-state index contributed by atoms with van der Waals surface area (Å²) in [5.41, 5.74) is 1.27. The number of fused-ring (bicyclic) bond motifs is 1. The Morgan fingerprint density at radius 1 is 1.09 bits per heavy atom. The Bertz CT molecular complexity index is 1250. The van der Waals surface area contributed by atoms with E-state index >= 15 is 0 Å². The SMILES string of the molecule is CCc1cccc(C)c1NC(=O)C(CC)n1c(=O)c(C(F)(F)F)nc2cc(C)c(C)cc21. The third kappa shape index (κ3) is 4.26. The number of rotatable bonds is 5. The van der Waals surface area contributed by atoms with Crippen LogP contribution in [0.15, 0.2) is 35.1 Å². The van der Waals surface area contributed by atoms with Crippen molar-refractivity contribution >= 4 is 22.6 Å². The number of alkyl halides is 3. The zero-order valence-electron chi connectivity index (χ0n) is 18.7. The van der Waals surface area contributed by atoms with Gasteiger partial charge in [-0.05, 0) is 68.0 Å². The molecular weight excluding hydrogens is 419 g/mol. The predicted octanol–water partition coefficient (Wildman–Crippen LogP) is 5.49. The second kappa shape index (κ2) is 8.76. The Kier molecular flexibility index (Phi) is 6.44. The van der Waals surface area contributed by atoms with Gasteiger partial charge in [0.1, 0.15) is 6.04 Å². The molecule has 1 heterocycles. The summed E-state index contributed by atoms with van der Waals surface area (Å²) in [6.07, 6.45) is -4.14. The lowest BCUT2D eigenvalue weighted by Gasteiger charge is -2.23. The van der Waals surface area contributed by atoms with Crippen LogP contribution in [-0.2, 0) is 17.4 Å². The monoisotopic (exact) mass is 445 g/mol. The fourth-order valence-corrected chi connectivity index (χ4v) is 3.85. The van der Waals surface area contributed by atoms with Crippen LogP contribution in [0.2, 0.25) is 0 Å². The van der Waals surface area contributed by atoms with Crippen molar-refractivity contribution in [1.29, 1.82) is 0 Å². The van der Waals surface area contributed by atoms with E-state index in [4.69, 9.17) is 0 Å². The fraction of sp³-hybridized carbons (Fsp3) is 0.375. The number of nitrogens with zero attached hydrogens (tertiary/aromatic N) is 2. The minimum absolute atomic E-state index is 0.0245. The number of benzene rings is 2. The van der Waals surface area contributed by atoms with E-state index in [1.54, 1.807) is 26.8 Å². The summed E-state index contributed by atoms with van der Waals surface area (Å²) in [6.45, 7) is 9.01. The number of amides is 1. The summed E-state index contributed by atoms with van der Waals surface area (Å²) < 4.78 is 41.8. The number of aryl methyl sites for hydroxylation is 4. The lowest BCUT2D eigenvalue weighted by molar-refractivity contribution is -0.142. The molecule has 1 aromatic heterocycles. The van der Waals surface area contributed by atoms with E-state index in [1.165, 1.54) is 6.07 Å². The zero-order valence-corrected chi connectivity index (χ0v) is 18.7. The minimum Gasteiger partial charge on any atom is -0.324 e. The van der Waals surface area contributed by atoms with E-state index in [-0.39, 0.29) is 17.5 Å². The highest BCUT2D eigenvalue weighted by Crippen LogP contribution is 2.30. The first kappa shape index (κ1) is 23.5. The summed E-state index contributed by atoms with van der Waals surface area (Å²) in [7, 11) is 0. The Labute approximate surface area is 184 Å². The molecule has 2 aromatic carbocycles. The standard InChI is InChI=1S/C24H26F3N3O2/c1-6-16-10-8-9-13(3)20(16)29-22(31)18(7-2)30-19-12-15(5)14(4)11-17(19)28-21(23(30)32)24(25,26)27/h8-12,18H,6-7H2,1-5H3,(H,29,31). The van der Waals surface area contributed by atoms with Crippen LogP contribution >= 0.6 is 0 Å². The predicted molar refractivity (Wildman–Crippen MR) is 119 cm³/mol. The van der Waals surface area contributed by atoms with Crippen LogP contribution in [0.3, 0.4) is 0 Å². The van der Waals surface area contributed by atoms with Crippen LogP contribution in [0.5, 0.6) is 0 Å². The number of carbonyl (C=O) groups excluding carboxylic acids is 1. The van der Waals surface area contributed by atoms with Crippen LogP contribution in [0.25, 0.3) is 11.0 Å². The molecule has 170 valence electrons. The maximum absolute atomic E-state index is 13.6. The van der Waals surface area contributed by atoms with Crippen molar-refractivity contribution in [2.24, 2.45) is 0 Å². The highest BCUT2D eigenvalue weighted by atomic mass is 19.4. The van der Waals surface area contributed by atoms with Gasteiger partial charge in [-0.3, -0.25) is 14.2 Å². The molecule has 32 heavy (non-hydrogen) atoms. The second-order valence-electron chi connectivity index (χ2n) is 7.93. The molecule has 0 spiro atoms. The molecule has 0 aliphatic rings. The number of nitrogens with one attached hydrogen (secondary N) is 1. The molecule has 3 rings (SSSR count). The van der Waals surface area contributed by atoms with E-state index in [2.05, 4.69) is 10.3 Å². The summed E-state index contributed by atoms with van der Waals surface area (Å²) in [5, 5.41) is 2.86. The van der Waals surface area contributed by atoms with Gasteiger partial charge in [0.05, 0.1) is 11.0 Å². The molecule has 0 aliphatic carbocycles. The van der Waals surface area contributed by atoms with Gasteiger partial charge >= 0.3 is 6.18 Å². The van der Waals surface area contributed by atoms with Crippen LogP contribution in [-0.4, -0.2) is 15.5 Å². The maximum atomic E-state index is 13.6. The molecule has 0 saturated carbocycles. The van der Waals surface area contributed by atoms with E-state index in [0.717, 1.165) is 26.8 Å². The largest absolute Gasteiger partial charge is 0.438 e. The van der Waals surface area contributed by atoms with Crippen LogP contribution in [0, 0.1) is 20.8 Å². The molecule has 3 aromatic rings. The fourth-order valence-electron chi connectivity index (χ4n) is 3.85. The third-order valence-electron chi connectivity index (χ3n) is 5.76. The normalized spacial score (nSPS) is 12.8. The molecule has 8 heteroatoms. The van der Waals surface area contributed by atoms with Gasteiger partial charge in [-0.1, -0.05) is 32.0 Å². The van der Waals surface area contributed by atoms with Gasteiger partial charge in [-0.2, -0.15) is 13.2 Å². The summed E-state index contributed by atoms with van der Waals surface area (Å²) in [4.78, 5) is 29.9. The molecule has 5 nitrogen and oxygen atoms in total. The lowest BCUT2D eigenvalue weighted by atomic mass is 10.0. The molecule has 1 N–H and O–H groups in total. The number of aromatic nitrogens is 2. The minimum atomic E-state index is -4.94. The summed E-state index contributed by atoms with van der Waals surface area (Å²) in [5.74, 6) is -0.544. The molecule has 1 amide bonds. The van der Waals surface area contributed by atoms with Gasteiger partial charge in [-0.15, -0.1) is 0 Å². The number of anilines is 1.